The van der Waals surface area contributed by atoms with Crippen molar-refractivity contribution in [3.05, 3.63) is 11.1 Å². The number of carbonyl (C=O) groups excluding carboxylic acids is 2. The molecule has 0 N–H and O–H groups in total. The first kappa shape index (κ1) is 9.96. The summed E-state index contributed by atoms with van der Waals surface area (Å²) in [6.07, 6.45) is 0.375. The number of ether oxygens (including phenoxy) is 1. The molecule has 1 unspecified atom stereocenters. The van der Waals surface area contributed by atoms with E-state index in [0.717, 1.165) is 11.1 Å². The minimum Gasteiger partial charge on any atom is -0.457 e. The number of carbonyl (C=O) groups is 2. The topological polar surface area (TPSA) is 43.4 Å². The molecule has 1 rings (SSSR count). The first-order valence-corrected chi connectivity index (χ1v) is 4.46. The number of Topliss-reactive ketones (excluding diaryl/α,β-unsaturated/α-hetero) is 1. The van der Waals surface area contributed by atoms with Crippen LogP contribution in [0.1, 0.15) is 33.6 Å². The number of esters is 1. The molecular weight excluding hydrogens is 168 g/mol. The summed E-state index contributed by atoms with van der Waals surface area (Å²) >= 11 is 0. The van der Waals surface area contributed by atoms with Gasteiger partial charge in [0.05, 0.1) is 6.42 Å². The van der Waals surface area contributed by atoms with Gasteiger partial charge < -0.3 is 4.74 Å². The molecule has 0 spiro atoms. The molecule has 1 atom stereocenters. The Morgan fingerprint density at radius 3 is 2.54 bits per heavy atom. The van der Waals surface area contributed by atoms with E-state index in [1.165, 1.54) is 0 Å². The zero-order chi connectivity index (χ0) is 10.0. The van der Waals surface area contributed by atoms with Crippen molar-refractivity contribution in [1.29, 1.82) is 0 Å². The van der Waals surface area contributed by atoms with Crippen LogP contribution in [0.3, 0.4) is 0 Å². The Labute approximate surface area is 77.8 Å². The number of allylic oxidation sites excluding steroid dienone is 1. The second-order valence-corrected chi connectivity index (χ2v) is 3.27. The van der Waals surface area contributed by atoms with Crippen LogP contribution in [0.2, 0.25) is 0 Å². The third-order valence-electron chi connectivity index (χ3n) is 2.43. The second-order valence-electron chi connectivity index (χ2n) is 3.27. The Kier molecular flexibility index (Phi) is 2.86. The van der Waals surface area contributed by atoms with Gasteiger partial charge in [-0.2, -0.15) is 0 Å². The highest BCUT2D eigenvalue weighted by Gasteiger charge is 2.29. The van der Waals surface area contributed by atoms with E-state index in [1.54, 1.807) is 13.8 Å². The van der Waals surface area contributed by atoms with Gasteiger partial charge in [0.1, 0.15) is 6.10 Å². The number of ketones is 1. The van der Waals surface area contributed by atoms with Gasteiger partial charge in [0, 0.05) is 6.42 Å². The molecule has 0 aromatic rings. The third kappa shape index (κ3) is 1.97. The van der Waals surface area contributed by atoms with Gasteiger partial charge in [-0.25, -0.2) is 0 Å². The predicted molar refractivity (Wildman–Crippen MR) is 48.2 cm³/mol. The van der Waals surface area contributed by atoms with Crippen molar-refractivity contribution < 1.29 is 14.3 Å². The second kappa shape index (κ2) is 3.73. The highest BCUT2D eigenvalue weighted by molar-refractivity contribution is 5.99. The summed E-state index contributed by atoms with van der Waals surface area (Å²) < 4.78 is 5.10. The average molecular weight is 182 g/mol. The molecular formula is C10H14O3. The summed E-state index contributed by atoms with van der Waals surface area (Å²) in [4.78, 5) is 22.2. The van der Waals surface area contributed by atoms with E-state index in [4.69, 9.17) is 4.74 Å². The fourth-order valence-corrected chi connectivity index (χ4v) is 1.31. The predicted octanol–water partition coefficient (Wildman–Crippen LogP) is 1.62. The van der Waals surface area contributed by atoms with Crippen molar-refractivity contribution in [3.63, 3.8) is 0 Å². The van der Waals surface area contributed by atoms with Gasteiger partial charge in [0.25, 0.3) is 0 Å². The van der Waals surface area contributed by atoms with E-state index in [0.29, 0.717) is 12.8 Å². The fraction of sp³-hybridized carbons (Fsp3) is 0.600. The van der Waals surface area contributed by atoms with Crippen LogP contribution in [0.15, 0.2) is 11.1 Å². The molecule has 0 fully saturated rings. The molecule has 0 aliphatic heterocycles. The Bertz CT molecular complexity index is 276. The Hall–Kier alpha value is -1.12. The monoisotopic (exact) mass is 182 g/mol. The first-order valence-electron chi connectivity index (χ1n) is 4.46. The molecule has 0 heterocycles. The lowest BCUT2D eigenvalue weighted by atomic mass is 10.2. The van der Waals surface area contributed by atoms with Crippen LogP contribution in [0.5, 0.6) is 0 Å². The summed E-state index contributed by atoms with van der Waals surface area (Å²) in [5.41, 5.74) is 1.64. The van der Waals surface area contributed by atoms with E-state index in [-0.39, 0.29) is 17.9 Å². The maximum atomic E-state index is 11.2. The van der Waals surface area contributed by atoms with Crippen LogP contribution in [-0.2, 0) is 14.3 Å². The summed E-state index contributed by atoms with van der Waals surface area (Å²) in [5, 5.41) is 0. The van der Waals surface area contributed by atoms with E-state index in [9.17, 15) is 9.59 Å². The summed E-state index contributed by atoms with van der Waals surface area (Å²) in [5.74, 6) is -0.154. The van der Waals surface area contributed by atoms with Gasteiger partial charge in [-0.3, -0.25) is 9.59 Å². The Morgan fingerprint density at radius 1 is 1.54 bits per heavy atom. The molecule has 0 saturated carbocycles. The smallest absolute Gasteiger partial charge is 0.306 e. The van der Waals surface area contributed by atoms with Crippen molar-refractivity contribution in [3.8, 4) is 0 Å². The molecule has 0 radical (unpaired) electrons. The number of rotatable bonds is 2. The summed E-state index contributed by atoms with van der Waals surface area (Å²) in [6.45, 7) is 5.36. The number of hydrogen-bond donors (Lipinski definition) is 0. The van der Waals surface area contributed by atoms with E-state index in [1.807, 2.05) is 6.92 Å². The van der Waals surface area contributed by atoms with E-state index in [2.05, 4.69) is 0 Å². The van der Waals surface area contributed by atoms with Crippen LogP contribution in [0, 0.1) is 0 Å². The molecule has 1 aliphatic rings. The lowest BCUT2D eigenvalue weighted by Crippen LogP contribution is -2.16. The van der Waals surface area contributed by atoms with Crippen molar-refractivity contribution >= 4 is 11.8 Å². The fourth-order valence-electron chi connectivity index (χ4n) is 1.31. The van der Waals surface area contributed by atoms with Crippen molar-refractivity contribution in [2.45, 2.75) is 39.7 Å². The lowest BCUT2D eigenvalue weighted by molar-refractivity contribution is -0.147. The van der Waals surface area contributed by atoms with Crippen LogP contribution >= 0.6 is 0 Å². The number of hydrogen-bond acceptors (Lipinski definition) is 3. The zero-order valence-electron chi connectivity index (χ0n) is 8.22. The van der Waals surface area contributed by atoms with E-state index >= 15 is 0 Å². The SMILES string of the molecule is CCC(=O)OC1CC(=O)C(C)=C1C. The molecule has 0 bridgehead atoms. The minimum atomic E-state index is -0.306. The maximum absolute atomic E-state index is 11.2. The Morgan fingerprint density at radius 2 is 2.15 bits per heavy atom. The summed E-state index contributed by atoms with van der Waals surface area (Å²) in [7, 11) is 0. The highest BCUT2D eigenvalue weighted by Crippen LogP contribution is 2.25. The van der Waals surface area contributed by atoms with Crippen LogP contribution in [0.25, 0.3) is 0 Å². The van der Waals surface area contributed by atoms with Gasteiger partial charge in [-0.05, 0) is 25.0 Å². The van der Waals surface area contributed by atoms with Crippen LogP contribution in [-0.4, -0.2) is 17.9 Å². The molecule has 0 aromatic heterocycles. The summed E-state index contributed by atoms with van der Waals surface area (Å²) in [6, 6.07) is 0. The van der Waals surface area contributed by atoms with E-state index < -0.39 is 0 Å². The van der Waals surface area contributed by atoms with Crippen molar-refractivity contribution in [2.24, 2.45) is 0 Å². The molecule has 3 heteroatoms. The van der Waals surface area contributed by atoms with Gasteiger partial charge in [-0.15, -0.1) is 0 Å². The standard InChI is InChI=1S/C10H14O3/c1-4-10(12)13-9-5-8(11)6(2)7(9)3/h9H,4-5H2,1-3H3. The maximum Gasteiger partial charge on any atom is 0.306 e. The largest absolute Gasteiger partial charge is 0.457 e. The van der Waals surface area contributed by atoms with Gasteiger partial charge in [-0.1, -0.05) is 6.92 Å². The minimum absolute atomic E-state index is 0.0893. The van der Waals surface area contributed by atoms with Gasteiger partial charge in [0.2, 0.25) is 0 Å². The van der Waals surface area contributed by atoms with Crippen LogP contribution in [0.4, 0.5) is 0 Å². The van der Waals surface area contributed by atoms with Crippen LogP contribution < -0.4 is 0 Å². The van der Waals surface area contributed by atoms with Crippen molar-refractivity contribution in [2.75, 3.05) is 0 Å². The molecule has 1 aliphatic carbocycles. The van der Waals surface area contributed by atoms with Crippen molar-refractivity contribution in [1.82, 2.24) is 0 Å². The molecule has 13 heavy (non-hydrogen) atoms. The molecule has 0 amide bonds. The zero-order valence-corrected chi connectivity index (χ0v) is 8.22. The third-order valence-corrected chi connectivity index (χ3v) is 2.43. The average Bonchev–Trinajstić information content (AvgIpc) is 2.34. The van der Waals surface area contributed by atoms with Gasteiger partial charge >= 0.3 is 5.97 Å². The van der Waals surface area contributed by atoms with Gasteiger partial charge in [0.15, 0.2) is 5.78 Å². The quantitative estimate of drug-likeness (QED) is 0.609. The highest BCUT2D eigenvalue weighted by atomic mass is 16.5. The molecule has 3 nitrogen and oxygen atoms in total. The lowest BCUT2D eigenvalue weighted by Gasteiger charge is -2.11. The molecule has 72 valence electrons. The molecule has 0 saturated heterocycles. The molecule has 0 aromatic carbocycles. The first-order chi connectivity index (χ1) is 6.06. The normalized spacial score (nSPS) is 22.4. The Balaban J connectivity index is 2.66.